The molecule has 0 atom stereocenters. The second kappa shape index (κ2) is 8.54. The fourth-order valence-corrected chi connectivity index (χ4v) is 1.20. The van der Waals surface area contributed by atoms with Gasteiger partial charge in [0.2, 0.25) is 0 Å². The molecule has 0 unspecified atom stereocenters. The first-order valence-electron chi connectivity index (χ1n) is 5.70. The second-order valence-electron chi connectivity index (χ2n) is 3.53. The van der Waals surface area contributed by atoms with Gasteiger partial charge in [0.25, 0.3) is 0 Å². The van der Waals surface area contributed by atoms with Crippen LogP contribution in [0.15, 0.2) is 47.6 Å². The number of benzene rings is 1. The SMILES string of the molecule is CO/N=C(C)/C=C/COC(=O)C#Cc1ccccc1. The Morgan fingerprint density at radius 1 is 1.37 bits per heavy atom. The summed E-state index contributed by atoms with van der Waals surface area (Å²) in [6.45, 7) is 1.93. The molecule has 1 aromatic carbocycles. The van der Waals surface area contributed by atoms with E-state index in [9.17, 15) is 4.79 Å². The number of oxime groups is 1. The Morgan fingerprint density at radius 3 is 2.79 bits per heavy atom. The van der Waals surface area contributed by atoms with Crippen LogP contribution in [0, 0.1) is 11.8 Å². The zero-order chi connectivity index (χ0) is 13.9. The quantitative estimate of drug-likeness (QED) is 0.359. The van der Waals surface area contributed by atoms with Crippen LogP contribution in [0.5, 0.6) is 0 Å². The van der Waals surface area contributed by atoms with Gasteiger partial charge in [0, 0.05) is 11.5 Å². The number of hydrogen-bond acceptors (Lipinski definition) is 4. The topological polar surface area (TPSA) is 47.9 Å². The highest BCUT2D eigenvalue weighted by Gasteiger charge is 1.94. The molecule has 0 aliphatic heterocycles. The first kappa shape index (κ1) is 14.5. The highest BCUT2D eigenvalue weighted by Crippen LogP contribution is 1.94. The van der Waals surface area contributed by atoms with Crippen molar-refractivity contribution in [3.63, 3.8) is 0 Å². The largest absolute Gasteiger partial charge is 0.452 e. The van der Waals surface area contributed by atoms with Crippen LogP contribution in [0.25, 0.3) is 0 Å². The molecule has 0 N–H and O–H groups in total. The molecule has 0 bridgehead atoms. The average molecular weight is 257 g/mol. The van der Waals surface area contributed by atoms with Crippen molar-refractivity contribution < 1.29 is 14.4 Å². The minimum atomic E-state index is -0.560. The van der Waals surface area contributed by atoms with Gasteiger partial charge in [-0.1, -0.05) is 29.3 Å². The van der Waals surface area contributed by atoms with E-state index in [1.807, 2.05) is 30.3 Å². The molecule has 4 heteroatoms. The number of nitrogens with zero attached hydrogens (tertiary/aromatic N) is 1. The van der Waals surface area contributed by atoms with Crippen LogP contribution in [-0.2, 0) is 14.4 Å². The van der Waals surface area contributed by atoms with Crippen molar-refractivity contribution >= 4 is 11.7 Å². The second-order valence-corrected chi connectivity index (χ2v) is 3.53. The van der Waals surface area contributed by atoms with Crippen LogP contribution in [-0.4, -0.2) is 25.4 Å². The number of hydrogen-bond donors (Lipinski definition) is 0. The average Bonchev–Trinajstić information content (AvgIpc) is 2.43. The Balaban J connectivity index is 2.37. The van der Waals surface area contributed by atoms with E-state index in [2.05, 4.69) is 21.8 Å². The molecule has 0 saturated carbocycles. The van der Waals surface area contributed by atoms with Gasteiger partial charge >= 0.3 is 5.97 Å². The molecule has 0 spiro atoms. The summed E-state index contributed by atoms with van der Waals surface area (Å²) < 4.78 is 4.90. The Bertz CT molecular complexity index is 521. The first-order valence-corrected chi connectivity index (χ1v) is 5.70. The third-order valence-electron chi connectivity index (χ3n) is 1.99. The molecule has 1 aromatic rings. The minimum absolute atomic E-state index is 0.152. The van der Waals surface area contributed by atoms with E-state index in [0.29, 0.717) is 5.71 Å². The number of carbonyl (C=O) groups is 1. The molecule has 0 heterocycles. The van der Waals surface area contributed by atoms with E-state index in [0.717, 1.165) is 5.56 Å². The van der Waals surface area contributed by atoms with Gasteiger partial charge in [-0.05, 0) is 31.2 Å². The molecule has 0 aliphatic rings. The molecule has 98 valence electrons. The van der Waals surface area contributed by atoms with Gasteiger partial charge in [0.15, 0.2) is 0 Å². The predicted octanol–water partition coefficient (Wildman–Crippen LogP) is 2.16. The lowest BCUT2D eigenvalue weighted by Gasteiger charge is -1.94. The molecule has 19 heavy (non-hydrogen) atoms. The van der Waals surface area contributed by atoms with Crippen molar-refractivity contribution in [1.82, 2.24) is 0 Å². The fourth-order valence-electron chi connectivity index (χ4n) is 1.20. The van der Waals surface area contributed by atoms with Crippen molar-refractivity contribution in [2.45, 2.75) is 6.92 Å². The molecule has 0 aliphatic carbocycles. The highest BCUT2D eigenvalue weighted by molar-refractivity contribution is 5.92. The predicted molar refractivity (Wildman–Crippen MR) is 73.5 cm³/mol. The standard InChI is InChI=1S/C15H15NO3/c1-13(16-18-2)7-6-12-19-15(17)11-10-14-8-4-3-5-9-14/h3-9H,12H2,1-2H3/b7-6+,16-13+. The number of carbonyl (C=O) groups excluding carboxylic acids is 1. The third-order valence-corrected chi connectivity index (χ3v) is 1.99. The van der Waals surface area contributed by atoms with Gasteiger partial charge in [-0.15, -0.1) is 0 Å². The molecule has 1 rings (SSSR count). The normalized spacial score (nSPS) is 10.7. The van der Waals surface area contributed by atoms with Gasteiger partial charge in [-0.3, -0.25) is 0 Å². The van der Waals surface area contributed by atoms with E-state index in [-0.39, 0.29) is 6.61 Å². The molecule has 4 nitrogen and oxygen atoms in total. The van der Waals surface area contributed by atoms with Gasteiger partial charge < -0.3 is 9.57 Å². The smallest absolute Gasteiger partial charge is 0.385 e. The van der Waals surface area contributed by atoms with Crippen LogP contribution in [0.2, 0.25) is 0 Å². The van der Waals surface area contributed by atoms with Crippen molar-refractivity contribution in [2.24, 2.45) is 5.16 Å². The Labute approximate surface area is 112 Å². The monoisotopic (exact) mass is 257 g/mol. The lowest BCUT2D eigenvalue weighted by Crippen LogP contribution is -2.01. The molecule has 0 aromatic heterocycles. The van der Waals surface area contributed by atoms with Crippen LogP contribution < -0.4 is 0 Å². The zero-order valence-corrected chi connectivity index (χ0v) is 10.9. The Hall–Kier alpha value is -2.54. The summed E-state index contributed by atoms with van der Waals surface area (Å²) in [6, 6.07) is 9.25. The Morgan fingerprint density at radius 2 is 2.11 bits per heavy atom. The third kappa shape index (κ3) is 6.69. The molecule has 0 saturated heterocycles. The number of ether oxygens (including phenoxy) is 1. The molecule has 0 radical (unpaired) electrons. The summed E-state index contributed by atoms with van der Waals surface area (Å²) in [7, 11) is 1.47. The van der Waals surface area contributed by atoms with Crippen molar-refractivity contribution in [2.75, 3.05) is 13.7 Å². The van der Waals surface area contributed by atoms with E-state index in [1.54, 1.807) is 19.1 Å². The maximum Gasteiger partial charge on any atom is 0.385 e. The lowest BCUT2D eigenvalue weighted by atomic mass is 10.2. The summed E-state index contributed by atoms with van der Waals surface area (Å²) in [4.78, 5) is 15.9. The number of rotatable bonds is 4. The fraction of sp³-hybridized carbons (Fsp3) is 0.200. The summed E-state index contributed by atoms with van der Waals surface area (Å²) in [5.74, 6) is 4.57. The number of allylic oxidation sites excluding steroid dienone is 1. The van der Waals surface area contributed by atoms with Gasteiger partial charge in [0.05, 0.1) is 5.71 Å². The lowest BCUT2D eigenvalue weighted by molar-refractivity contribution is -0.135. The van der Waals surface area contributed by atoms with E-state index in [4.69, 9.17) is 4.74 Å². The molecular weight excluding hydrogens is 242 g/mol. The van der Waals surface area contributed by atoms with Crippen molar-refractivity contribution in [1.29, 1.82) is 0 Å². The first-order chi connectivity index (χ1) is 9.22. The van der Waals surface area contributed by atoms with Crippen LogP contribution in [0.3, 0.4) is 0 Å². The maximum atomic E-state index is 11.3. The van der Waals surface area contributed by atoms with E-state index >= 15 is 0 Å². The summed E-state index contributed by atoms with van der Waals surface area (Å²) >= 11 is 0. The summed E-state index contributed by atoms with van der Waals surface area (Å²) in [6.07, 6.45) is 3.36. The van der Waals surface area contributed by atoms with Crippen LogP contribution >= 0.6 is 0 Å². The molecular formula is C15H15NO3. The van der Waals surface area contributed by atoms with Gasteiger partial charge in [0.1, 0.15) is 13.7 Å². The van der Waals surface area contributed by atoms with Crippen molar-refractivity contribution in [3.05, 3.63) is 48.0 Å². The molecule has 0 fully saturated rings. The summed E-state index contributed by atoms with van der Waals surface area (Å²) in [5, 5.41) is 3.68. The van der Waals surface area contributed by atoms with Crippen molar-refractivity contribution in [3.8, 4) is 11.8 Å². The van der Waals surface area contributed by atoms with Crippen LogP contribution in [0.4, 0.5) is 0 Å². The Kier molecular flexibility index (Phi) is 6.52. The maximum absolute atomic E-state index is 11.3. The van der Waals surface area contributed by atoms with Gasteiger partial charge in [-0.25, -0.2) is 4.79 Å². The van der Waals surface area contributed by atoms with E-state index in [1.165, 1.54) is 7.11 Å². The van der Waals surface area contributed by atoms with Crippen LogP contribution in [0.1, 0.15) is 12.5 Å². The summed E-state index contributed by atoms with van der Waals surface area (Å²) in [5.41, 5.74) is 1.46. The number of esters is 1. The highest BCUT2D eigenvalue weighted by atomic mass is 16.6. The minimum Gasteiger partial charge on any atom is -0.452 e. The van der Waals surface area contributed by atoms with E-state index < -0.39 is 5.97 Å². The zero-order valence-electron chi connectivity index (χ0n) is 10.9. The van der Waals surface area contributed by atoms with Gasteiger partial charge in [-0.2, -0.15) is 0 Å². The molecule has 0 amide bonds.